The Morgan fingerprint density at radius 1 is 1.29 bits per heavy atom. The second-order valence-corrected chi connectivity index (χ2v) is 4.23. The summed E-state index contributed by atoms with van der Waals surface area (Å²) in [5.74, 6) is -1.44. The van der Waals surface area contributed by atoms with Gasteiger partial charge in [-0.05, 0) is 12.1 Å². The molecule has 0 radical (unpaired) electrons. The van der Waals surface area contributed by atoms with E-state index in [2.05, 4.69) is 15.1 Å². The molecule has 104 valence electrons. The lowest BCUT2D eigenvalue weighted by atomic mass is 10.2. The number of nitrogens with one attached hydrogen (secondary N) is 1. The lowest BCUT2D eigenvalue weighted by Gasteiger charge is -2.02. The van der Waals surface area contributed by atoms with Crippen LogP contribution in [-0.4, -0.2) is 11.2 Å². The van der Waals surface area contributed by atoms with Gasteiger partial charge in [0.25, 0.3) is 0 Å². The second-order valence-electron chi connectivity index (χ2n) is 3.82. The smallest absolute Gasteiger partial charge is 0.169 e. The predicted molar refractivity (Wildman–Crippen MR) is 72.4 cm³/mol. The highest BCUT2D eigenvalue weighted by molar-refractivity contribution is 6.33. The molecule has 2 rings (SSSR count). The number of pyridine rings is 1. The van der Waals surface area contributed by atoms with Crippen molar-refractivity contribution >= 4 is 29.2 Å². The van der Waals surface area contributed by atoms with Gasteiger partial charge in [0.1, 0.15) is 17.6 Å². The molecule has 21 heavy (non-hydrogen) atoms. The van der Waals surface area contributed by atoms with Crippen LogP contribution in [0.2, 0.25) is 5.02 Å². The standard InChI is InChI=1S/C13H6ClF2N5/c14-10-2-9(15)1-7(3-17)12(10)20-5-8-4-19-6-11(16)13(8)21-18/h1-2,4-6,18H. The molecule has 0 aliphatic heterocycles. The molecular weight excluding hydrogens is 300 g/mol. The largest absolute Gasteiger partial charge is 0.261 e. The number of hydrogen-bond acceptors (Lipinski definition) is 5. The first-order valence-electron chi connectivity index (χ1n) is 5.51. The maximum Gasteiger partial charge on any atom is 0.169 e. The van der Waals surface area contributed by atoms with Crippen LogP contribution in [0.1, 0.15) is 11.1 Å². The van der Waals surface area contributed by atoms with Crippen molar-refractivity contribution < 1.29 is 8.78 Å². The average Bonchev–Trinajstić information content (AvgIpc) is 2.45. The molecule has 5 nitrogen and oxygen atoms in total. The normalized spacial score (nSPS) is 10.6. The molecule has 0 fully saturated rings. The van der Waals surface area contributed by atoms with Crippen molar-refractivity contribution in [3.8, 4) is 6.07 Å². The Labute approximate surface area is 123 Å². The summed E-state index contributed by atoms with van der Waals surface area (Å²) >= 11 is 5.83. The molecule has 0 spiro atoms. The molecule has 1 N–H and O–H groups in total. The van der Waals surface area contributed by atoms with Crippen LogP contribution in [0.3, 0.4) is 0 Å². The van der Waals surface area contributed by atoms with Crippen LogP contribution in [0.25, 0.3) is 0 Å². The molecule has 8 heteroatoms. The summed E-state index contributed by atoms with van der Waals surface area (Å²) in [4.78, 5) is 7.56. The first kappa shape index (κ1) is 14.7. The molecular formula is C13H6ClF2N5. The highest BCUT2D eigenvalue weighted by Gasteiger charge is 2.10. The molecule has 1 heterocycles. The number of nitriles is 1. The Bertz CT molecular complexity index is 783. The molecule has 0 saturated carbocycles. The van der Waals surface area contributed by atoms with E-state index < -0.39 is 11.6 Å². The number of aromatic nitrogens is 1. The third-order valence-electron chi connectivity index (χ3n) is 2.49. The van der Waals surface area contributed by atoms with Gasteiger partial charge >= 0.3 is 0 Å². The van der Waals surface area contributed by atoms with Gasteiger partial charge in [0.05, 0.1) is 22.5 Å². The number of hydrogen-bond donors (Lipinski definition) is 1. The number of aliphatic imine (C=N–C) groups is 1. The molecule has 0 bridgehead atoms. The molecule has 0 unspecified atom stereocenters. The van der Waals surface area contributed by atoms with Gasteiger partial charge in [-0.2, -0.15) is 10.4 Å². The summed E-state index contributed by atoms with van der Waals surface area (Å²) in [5, 5.41) is 11.9. The number of rotatable bonds is 3. The fourth-order valence-corrected chi connectivity index (χ4v) is 1.83. The van der Waals surface area contributed by atoms with Crippen molar-refractivity contribution in [3.63, 3.8) is 0 Å². The maximum absolute atomic E-state index is 13.4. The van der Waals surface area contributed by atoms with E-state index in [1.54, 1.807) is 6.07 Å². The fraction of sp³-hybridized carbons (Fsp3) is 0. The average molecular weight is 306 g/mol. The minimum Gasteiger partial charge on any atom is -0.261 e. The van der Waals surface area contributed by atoms with Gasteiger partial charge in [-0.15, -0.1) is 0 Å². The molecule has 0 aliphatic carbocycles. The van der Waals surface area contributed by atoms with Crippen LogP contribution in [-0.2, 0) is 0 Å². The van der Waals surface area contributed by atoms with Crippen molar-refractivity contribution in [1.29, 1.82) is 10.8 Å². The second kappa shape index (κ2) is 6.15. The first-order valence-corrected chi connectivity index (χ1v) is 5.88. The third-order valence-corrected chi connectivity index (χ3v) is 2.78. The monoisotopic (exact) mass is 305 g/mol. The van der Waals surface area contributed by atoms with E-state index in [0.29, 0.717) is 0 Å². The number of halogens is 3. The minimum atomic E-state index is -0.778. The maximum atomic E-state index is 13.4. The van der Waals surface area contributed by atoms with Crippen molar-refractivity contribution in [2.45, 2.75) is 0 Å². The zero-order valence-corrected chi connectivity index (χ0v) is 11.1. The van der Waals surface area contributed by atoms with E-state index >= 15 is 0 Å². The Morgan fingerprint density at radius 2 is 2.05 bits per heavy atom. The fourth-order valence-electron chi connectivity index (χ4n) is 1.57. The number of nitrogens with zero attached hydrogens (tertiary/aromatic N) is 4. The van der Waals surface area contributed by atoms with E-state index in [1.807, 2.05) is 0 Å². The lowest BCUT2D eigenvalue weighted by Crippen LogP contribution is -1.89. The summed E-state index contributed by atoms with van der Waals surface area (Å²) < 4.78 is 26.5. The topological polar surface area (TPSA) is 85.2 Å². The van der Waals surface area contributed by atoms with Gasteiger partial charge in [-0.3, -0.25) is 9.98 Å². The van der Waals surface area contributed by atoms with Crippen LogP contribution in [0.5, 0.6) is 0 Å². The van der Waals surface area contributed by atoms with Crippen LogP contribution >= 0.6 is 11.6 Å². The summed E-state index contributed by atoms with van der Waals surface area (Å²) in [7, 11) is 0. The van der Waals surface area contributed by atoms with Gasteiger partial charge in [0.15, 0.2) is 5.82 Å². The van der Waals surface area contributed by atoms with Crippen molar-refractivity contribution in [2.75, 3.05) is 0 Å². The molecule has 0 amide bonds. The Kier molecular flexibility index (Phi) is 4.30. The van der Waals surface area contributed by atoms with Crippen LogP contribution < -0.4 is 0 Å². The number of benzene rings is 1. The first-order chi connectivity index (χ1) is 10.1. The Hall–Kier alpha value is -2.72. The van der Waals surface area contributed by atoms with Crippen molar-refractivity contribution in [3.05, 3.63) is 52.3 Å². The highest BCUT2D eigenvalue weighted by Crippen LogP contribution is 2.30. The van der Waals surface area contributed by atoms with E-state index in [1.165, 1.54) is 6.20 Å². The minimum absolute atomic E-state index is 0.0424. The predicted octanol–water partition coefficient (Wildman–Crippen LogP) is 4.30. The van der Waals surface area contributed by atoms with Crippen molar-refractivity contribution in [1.82, 2.24) is 4.98 Å². The zero-order chi connectivity index (χ0) is 15.4. The molecule has 2 aromatic rings. The van der Waals surface area contributed by atoms with Crippen LogP contribution in [0, 0.1) is 28.5 Å². The van der Waals surface area contributed by atoms with E-state index in [0.717, 1.165) is 24.5 Å². The third kappa shape index (κ3) is 3.07. The summed E-state index contributed by atoms with van der Waals surface area (Å²) in [6.45, 7) is 0. The van der Waals surface area contributed by atoms with E-state index in [4.69, 9.17) is 22.4 Å². The lowest BCUT2D eigenvalue weighted by molar-refractivity contribution is 0.621. The molecule has 1 aromatic carbocycles. The molecule has 0 atom stereocenters. The molecule has 1 aromatic heterocycles. The van der Waals surface area contributed by atoms with Gasteiger partial charge in [0.2, 0.25) is 0 Å². The van der Waals surface area contributed by atoms with E-state index in [9.17, 15) is 8.78 Å². The van der Waals surface area contributed by atoms with Crippen molar-refractivity contribution in [2.24, 2.45) is 10.1 Å². The zero-order valence-electron chi connectivity index (χ0n) is 10.3. The highest BCUT2D eigenvalue weighted by atomic mass is 35.5. The summed E-state index contributed by atoms with van der Waals surface area (Å²) in [6, 6.07) is 3.76. The van der Waals surface area contributed by atoms with Gasteiger partial charge < -0.3 is 0 Å². The van der Waals surface area contributed by atoms with Crippen LogP contribution in [0.15, 0.2) is 34.6 Å². The van der Waals surface area contributed by atoms with Gasteiger partial charge in [-0.25, -0.2) is 14.3 Å². The molecule has 0 aliphatic rings. The quantitative estimate of drug-likeness (QED) is 0.677. The molecule has 0 saturated heterocycles. The Balaban J connectivity index is 2.51. The summed E-state index contributed by atoms with van der Waals surface area (Å²) in [6.07, 6.45) is 3.32. The summed E-state index contributed by atoms with van der Waals surface area (Å²) in [5.41, 5.74) is 6.79. The SMILES string of the molecule is N#Cc1cc(F)cc(Cl)c1N=Cc1cncc(F)c1N=N. The van der Waals surface area contributed by atoms with E-state index in [-0.39, 0.29) is 27.5 Å². The Morgan fingerprint density at radius 3 is 2.71 bits per heavy atom. The van der Waals surface area contributed by atoms with Crippen LogP contribution in [0.4, 0.5) is 20.2 Å². The van der Waals surface area contributed by atoms with Gasteiger partial charge in [-0.1, -0.05) is 11.6 Å². The van der Waals surface area contributed by atoms with Gasteiger partial charge in [0, 0.05) is 18.0 Å².